The summed E-state index contributed by atoms with van der Waals surface area (Å²) in [6.45, 7) is 0. The predicted molar refractivity (Wildman–Crippen MR) is 228 cm³/mol. The molecule has 2 aliphatic rings. The number of fused-ring (bicyclic) bond motifs is 9. The molecule has 0 saturated heterocycles. The van der Waals surface area contributed by atoms with Crippen LogP contribution in [0.25, 0.3) is 78.7 Å². The highest BCUT2D eigenvalue weighted by molar-refractivity contribution is 6.09. The Morgan fingerprint density at radius 3 is 1.55 bits per heavy atom. The van der Waals surface area contributed by atoms with E-state index >= 15 is 0 Å². The Morgan fingerprint density at radius 1 is 0.345 bits per heavy atom. The van der Waals surface area contributed by atoms with Gasteiger partial charge in [0, 0.05) is 11.1 Å². The second-order valence-electron chi connectivity index (χ2n) is 14.7. The van der Waals surface area contributed by atoms with Crippen molar-refractivity contribution in [2.75, 3.05) is 0 Å². The topological polar surface area (TPSA) is 25.8 Å². The van der Waals surface area contributed by atoms with Crippen LogP contribution in [0.15, 0.2) is 182 Å². The molecule has 9 aromatic rings. The molecule has 0 spiro atoms. The zero-order valence-corrected chi connectivity index (χ0v) is 30.3. The molecule has 2 aromatic heterocycles. The minimum absolute atomic E-state index is 0.459. The fraction of sp³-hybridized carbons (Fsp3) is 0.0566. The highest BCUT2D eigenvalue weighted by Gasteiger charge is 2.46. The zero-order valence-electron chi connectivity index (χ0n) is 30.3. The van der Waals surface area contributed by atoms with Crippen LogP contribution in [0.1, 0.15) is 35.1 Å². The molecule has 0 amide bonds. The highest BCUT2D eigenvalue weighted by Crippen LogP contribution is 2.56. The lowest BCUT2D eigenvalue weighted by Gasteiger charge is -2.34. The maximum absolute atomic E-state index is 5.29. The number of pyridine rings is 2. The molecule has 11 rings (SSSR count). The van der Waals surface area contributed by atoms with E-state index in [0.29, 0.717) is 0 Å². The zero-order chi connectivity index (χ0) is 36.3. The van der Waals surface area contributed by atoms with Crippen LogP contribution in [0.2, 0.25) is 0 Å². The molecule has 0 saturated carbocycles. The van der Waals surface area contributed by atoms with Gasteiger partial charge >= 0.3 is 0 Å². The molecule has 0 atom stereocenters. The molecule has 2 heteroatoms. The summed E-state index contributed by atoms with van der Waals surface area (Å²) >= 11 is 0. The second-order valence-corrected chi connectivity index (χ2v) is 14.7. The van der Waals surface area contributed by atoms with Gasteiger partial charge in [-0.2, -0.15) is 0 Å². The summed E-state index contributed by atoms with van der Waals surface area (Å²) < 4.78 is 0. The second kappa shape index (κ2) is 12.6. The maximum Gasteiger partial charge on any atom is 0.0893 e. The molecule has 0 fully saturated rings. The summed E-state index contributed by atoms with van der Waals surface area (Å²) in [6.07, 6.45) is 6.97. The molecular weight excluding hydrogens is 665 g/mol. The van der Waals surface area contributed by atoms with Gasteiger partial charge < -0.3 is 0 Å². The summed E-state index contributed by atoms with van der Waals surface area (Å²) in [5.41, 5.74) is 12.9. The molecule has 0 N–H and O–H groups in total. The highest BCUT2D eigenvalue weighted by atomic mass is 14.8. The monoisotopic (exact) mass is 700 g/mol. The van der Waals surface area contributed by atoms with Gasteiger partial charge in [0.15, 0.2) is 0 Å². The van der Waals surface area contributed by atoms with Crippen LogP contribution < -0.4 is 10.4 Å². The van der Waals surface area contributed by atoms with Gasteiger partial charge in [0.2, 0.25) is 0 Å². The molecule has 0 radical (unpaired) electrons. The van der Waals surface area contributed by atoms with E-state index in [1.807, 2.05) is 0 Å². The van der Waals surface area contributed by atoms with Crippen molar-refractivity contribution in [3.8, 4) is 45.0 Å². The Bertz CT molecular complexity index is 3050. The minimum atomic E-state index is -0.459. The van der Waals surface area contributed by atoms with E-state index in [0.717, 1.165) is 46.7 Å². The number of rotatable bonds is 5. The van der Waals surface area contributed by atoms with Gasteiger partial charge in [0.25, 0.3) is 0 Å². The molecule has 7 aromatic carbocycles. The standard InChI is InChI=1S/C53H36N2/c1-3-15-37(16-4-1)53(38-17-5-2-6-18-38)47-24-12-11-23-44(47)45-32-30-36(34-48(45)53)50-26-14-28-52(55-50)51-27-13-25-49(54-51)35-29-31-43-41-21-8-7-19-39(41)40-20-9-10-22-42(40)46(43)33-35/h1-8,11-34H,9-10H2. The third-order valence-corrected chi connectivity index (χ3v) is 11.8. The van der Waals surface area contributed by atoms with E-state index in [1.165, 1.54) is 65.4 Å². The van der Waals surface area contributed by atoms with Gasteiger partial charge in [-0.15, -0.1) is 0 Å². The van der Waals surface area contributed by atoms with Crippen molar-refractivity contribution in [3.05, 3.63) is 215 Å². The quantitative estimate of drug-likeness (QED) is 0.167. The Labute approximate surface area is 320 Å². The largest absolute Gasteiger partial charge is 0.246 e. The first kappa shape index (κ1) is 31.6. The Balaban J connectivity index is 1.03. The lowest BCUT2D eigenvalue weighted by Crippen LogP contribution is -2.28. The number of hydrogen-bond donors (Lipinski definition) is 0. The van der Waals surface area contributed by atoms with Crippen molar-refractivity contribution < 1.29 is 0 Å². The number of nitrogens with zero attached hydrogens (tertiary/aromatic N) is 2. The van der Waals surface area contributed by atoms with E-state index in [-0.39, 0.29) is 0 Å². The molecule has 258 valence electrons. The van der Waals surface area contributed by atoms with Crippen molar-refractivity contribution in [2.45, 2.75) is 18.3 Å². The first-order valence-electron chi connectivity index (χ1n) is 19.2. The lowest BCUT2D eigenvalue weighted by atomic mass is 9.67. The lowest BCUT2D eigenvalue weighted by molar-refractivity contribution is 0.768. The Hall–Kier alpha value is -6.90. The summed E-state index contributed by atoms with van der Waals surface area (Å²) in [7, 11) is 0. The average molecular weight is 701 g/mol. The molecule has 0 unspecified atom stereocenters. The molecule has 2 nitrogen and oxygen atoms in total. The Kier molecular flexibility index (Phi) is 7.25. The molecule has 0 aliphatic heterocycles. The van der Waals surface area contributed by atoms with Crippen molar-refractivity contribution in [2.24, 2.45) is 0 Å². The van der Waals surface area contributed by atoms with Crippen molar-refractivity contribution >= 4 is 33.7 Å². The van der Waals surface area contributed by atoms with E-state index < -0.39 is 5.41 Å². The molecular formula is C53H36N2. The van der Waals surface area contributed by atoms with Crippen LogP contribution in [0.5, 0.6) is 0 Å². The molecule has 2 aliphatic carbocycles. The van der Waals surface area contributed by atoms with E-state index in [2.05, 4.69) is 194 Å². The summed E-state index contributed by atoms with van der Waals surface area (Å²) in [5, 5.41) is 7.91. The first-order valence-corrected chi connectivity index (χ1v) is 19.2. The van der Waals surface area contributed by atoms with Gasteiger partial charge in [0.05, 0.1) is 28.2 Å². The van der Waals surface area contributed by atoms with Gasteiger partial charge in [-0.05, 0) is 115 Å². The van der Waals surface area contributed by atoms with Crippen molar-refractivity contribution in [1.29, 1.82) is 0 Å². The van der Waals surface area contributed by atoms with Crippen LogP contribution in [-0.2, 0) is 5.41 Å². The number of aromatic nitrogens is 2. The Morgan fingerprint density at radius 2 is 0.855 bits per heavy atom. The SMILES string of the molecule is C1=c2c(c3cc(-c4cccc(-c5cccc(-c6ccc7c(c6)C(c6ccccc6)(c6ccccc6)c6ccccc6-7)n5)n4)ccc3c3ccccc23)=CCC1. The normalized spacial score (nSPS) is 13.7. The van der Waals surface area contributed by atoms with Crippen LogP contribution >= 0.6 is 0 Å². The van der Waals surface area contributed by atoms with Gasteiger partial charge in [0.1, 0.15) is 0 Å². The first-order chi connectivity index (χ1) is 27.3. The smallest absolute Gasteiger partial charge is 0.0893 e. The van der Waals surface area contributed by atoms with Gasteiger partial charge in [-0.1, -0.05) is 158 Å². The maximum atomic E-state index is 5.29. The summed E-state index contributed by atoms with van der Waals surface area (Å²) in [4.78, 5) is 10.5. The third kappa shape index (κ3) is 4.88. The van der Waals surface area contributed by atoms with Crippen LogP contribution in [0, 0.1) is 0 Å². The molecule has 55 heavy (non-hydrogen) atoms. The van der Waals surface area contributed by atoms with E-state index in [9.17, 15) is 0 Å². The van der Waals surface area contributed by atoms with Gasteiger partial charge in [-0.3, -0.25) is 0 Å². The fourth-order valence-corrected chi connectivity index (χ4v) is 9.38. The average Bonchev–Trinajstić information content (AvgIpc) is 3.57. The number of benzene rings is 7. The third-order valence-electron chi connectivity index (χ3n) is 11.8. The fourth-order valence-electron chi connectivity index (χ4n) is 9.38. The molecule has 0 bridgehead atoms. The van der Waals surface area contributed by atoms with Gasteiger partial charge in [-0.25, -0.2) is 9.97 Å². The number of hydrogen-bond acceptors (Lipinski definition) is 2. The van der Waals surface area contributed by atoms with E-state index in [1.54, 1.807) is 0 Å². The molecule has 2 heterocycles. The van der Waals surface area contributed by atoms with Crippen molar-refractivity contribution in [1.82, 2.24) is 9.97 Å². The van der Waals surface area contributed by atoms with Crippen LogP contribution in [0.4, 0.5) is 0 Å². The van der Waals surface area contributed by atoms with E-state index in [4.69, 9.17) is 9.97 Å². The predicted octanol–water partition coefficient (Wildman–Crippen LogP) is 11.5. The summed E-state index contributed by atoms with van der Waals surface area (Å²) in [5.74, 6) is 0. The van der Waals surface area contributed by atoms with Crippen LogP contribution in [-0.4, -0.2) is 9.97 Å². The summed E-state index contributed by atoms with van der Waals surface area (Å²) in [6, 6.07) is 65.9. The van der Waals surface area contributed by atoms with Crippen molar-refractivity contribution in [3.63, 3.8) is 0 Å². The van der Waals surface area contributed by atoms with Crippen LogP contribution in [0.3, 0.4) is 0 Å². The minimum Gasteiger partial charge on any atom is -0.246 e.